The zero-order valence-corrected chi connectivity index (χ0v) is 12.3. The number of aryl methyl sites for hydroxylation is 2. The van der Waals surface area contributed by atoms with Gasteiger partial charge in [-0.2, -0.15) is 5.26 Å². The van der Waals surface area contributed by atoms with E-state index in [1.54, 1.807) is 12.3 Å². The van der Waals surface area contributed by atoms with Crippen molar-refractivity contribution in [3.63, 3.8) is 0 Å². The smallest absolute Gasteiger partial charge is 0.237 e. The number of ether oxygens (including phenoxy) is 1. The summed E-state index contributed by atoms with van der Waals surface area (Å²) < 4.78 is 5.76. The molecule has 0 aliphatic carbocycles. The Labute approximate surface area is 119 Å². The van der Waals surface area contributed by atoms with E-state index in [0.29, 0.717) is 23.1 Å². The first-order valence-corrected chi connectivity index (χ1v) is 6.67. The minimum Gasteiger partial charge on any atom is -0.438 e. The molecular formula is C17H18N2O. The lowest BCUT2D eigenvalue weighted by Crippen LogP contribution is -1.96. The number of pyridine rings is 1. The molecule has 0 atom stereocenters. The minimum absolute atomic E-state index is 0.365. The van der Waals surface area contributed by atoms with Crippen LogP contribution >= 0.6 is 0 Å². The Hall–Kier alpha value is -2.34. The van der Waals surface area contributed by atoms with Crippen molar-refractivity contribution < 1.29 is 4.74 Å². The fourth-order valence-corrected chi connectivity index (χ4v) is 2.22. The van der Waals surface area contributed by atoms with Gasteiger partial charge in [-0.15, -0.1) is 0 Å². The summed E-state index contributed by atoms with van der Waals surface area (Å²) in [5.74, 6) is 1.56. The maximum Gasteiger partial charge on any atom is 0.237 e. The first kappa shape index (κ1) is 14.1. The van der Waals surface area contributed by atoms with Crippen LogP contribution in [0.25, 0.3) is 0 Å². The van der Waals surface area contributed by atoms with Crippen LogP contribution < -0.4 is 4.74 Å². The van der Waals surface area contributed by atoms with Gasteiger partial charge in [0.05, 0.1) is 0 Å². The molecule has 0 unspecified atom stereocenters. The van der Waals surface area contributed by atoms with Crippen LogP contribution in [0.3, 0.4) is 0 Å². The van der Waals surface area contributed by atoms with E-state index < -0.39 is 0 Å². The van der Waals surface area contributed by atoms with Gasteiger partial charge in [-0.25, -0.2) is 4.98 Å². The molecule has 0 saturated carbocycles. The summed E-state index contributed by atoms with van der Waals surface area (Å²) in [6.45, 7) is 8.27. The maximum atomic E-state index is 9.18. The van der Waals surface area contributed by atoms with Crippen LogP contribution in [0.4, 0.5) is 0 Å². The monoisotopic (exact) mass is 266 g/mol. The van der Waals surface area contributed by atoms with E-state index in [4.69, 9.17) is 4.74 Å². The summed E-state index contributed by atoms with van der Waals surface area (Å²) in [6.07, 6.45) is 1.65. The highest BCUT2D eigenvalue weighted by atomic mass is 16.5. The molecule has 1 heterocycles. The summed E-state index contributed by atoms with van der Waals surface area (Å²) in [5.41, 5.74) is 3.84. The van der Waals surface area contributed by atoms with E-state index in [-0.39, 0.29) is 0 Å². The number of nitriles is 1. The predicted molar refractivity (Wildman–Crippen MR) is 79.0 cm³/mol. The second-order valence-electron chi connectivity index (χ2n) is 5.19. The van der Waals surface area contributed by atoms with Crippen LogP contribution in [0.15, 0.2) is 30.5 Å². The molecule has 20 heavy (non-hydrogen) atoms. The Balaban J connectivity index is 2.34. The third-order valence-electron chi connectivity index (χ3n) is 3.31. The van der Waals surface area contributed by atoms with Crippen molar-refractivity contribution in [3.05, 3.63) is 52.7 Å². The SMILES string of the molecule is Cc1cc(Oc2nccc(C)c2C#N)ccc1C(C)C. The van der Waals surface area contributed by atoms with E-state index in [9.17, 15) is 5.26 Å². The number of nitrogens with zero attached hydrogens (tertiary/aromatic N) is 2. The standard InChI is InChI=1S/C17H18N2O/c1-11(2)15-6-5-14(9-13(15)4)20-17-16(10-18)12(3)7-8-19-17/h5-9,11H,1-4H3. The van der Waals surface area contributed by atoms with Gasteiger partial charge >= 0.3 is 0 Å². The van der Waals surface area contributed by atoms with Crippen molar-refractivity contribution in [2.45, 2.75) is 33.6 Å². The predicted octanol–water partition coefficient (Wildman–Crippen LogP) is 4.49. The van der Waals surface area contributed by atoms with Gasteiger partial charge in [0.2, 0.25) is 5.88 Å². The van der Waals surface area contributed by atoms with E-state index in [0.717, 1.165) is 5.56 Å². The molecule has 0 aliphatic heterocycles. The van der Waals surface area contributed by atoms with Crippen molar-refractivity contribution in [1.29, 1.82) is 5.26 Å². The normalized spacial score (nSPS) is 10.4. The van der Waals surface area contributed by atoms with Gasteiger partial charge in [0.1, 0.15) is 17.4 Å². The Morgan fingerprint density at radius 2 is 1.90 bits per heavy atom. The molecule has 3 nitrogen and oxygen atoms in total. The molecule has 0 fully saturated rings. The molecular weight excluding hydrogens is 248 g/mol. The van der Waals surface area contributed by atoms with E-state index in [1.807, 2.05) is 19.1 Å². The largest absolute Gasteiger partial charge is 0.438 e. The third-order valence-corrected chi connectivity index (χ3v) is 3.31. The summed E-state index contributed by atoms with van der Waals surface area (Å²) in [7, 11) is 0. The molecule has 102 valence electrons. The van der Waals surface area contributed by atoms with Gasteiger partial charge in [0.15, 0.2) is 0 Å². The number of benzene rings is 1. The van der Waals surface area contributed by atoms with Crippen LogP contribution in [0.2, 0.25) is 0 Å². The Morgan fingerprint density at radius 1 is 1.15 bits per heavy atom. The fraction of sp³-hybridized carbons (Fsp3) is 0.294. The van der Waals surface area contributed by atoms with Gasteiger partial charge in [-0.1, -0.05) is 19.9 Å². The van der Waals surface area contributed by atoms with E-state index in [2.05, 4.69) is 37.9 Å². The first-order valence-electron chi connectivity index (χ1n) is 6.67. The highest BCUT2D eigenvalue weighted by Crippen LogP contribution is 2.28. The molecule has 0 amide bonds. The highest BCUT2D eigenvalue weighted by molar-refractivity contribution is 5.46. The van der Waals surface area contributed by atoms with Crippen molar-refractivity contribution >= 4 is 0 Å². The number of rotatable bonds is 3. The van der Waals surface area contributed by atoms with Crippen molar-refractivity contribution in [1.82, 2.24) is 4.98 Å². The van der Waals surface area contributed by atoms with E-state index in [1.165, 1.54) is 11.1 Å². The number of aromatic nitrogens is 1. The Morgan fingerprint density at radius 3 is 2.50 bits per heavy atom. The molecule has 0 spiro atoms. The summed E-state index contributed by atoms with van der Waals surface area (Å²) in [4.78, 5) is 4.15. The highest BCUT2D eigenvalue weighted by Gasteiger charge is 2.10. The van der Waals surface area contributed by atoms with Gasteiger partial charge in [0.25, 0.3) is 0 Å². The molecule has 0 aliphatic rings. The van der Waals surface area contributed by atoms with Crippen LogP contribution in [0, 0.1) is 25.2 Å². The maximum absolute atomic E-state index is 9.18. The molecule has 0 bridgehead atoms. The second kappa shape index (κ2) is 5.75. The van der Waals surface area contributed by atoms with Crippen LogP contribution in [-0.2, 0) is 0 Å². The topological polar surface area (TPSA) is 45.9 Å². The van der Waals surface area contributed by atoms with Gasteiger partial charge in [0, 0.05) is 6.20 Å². The summed E-state index contributed by atoms with van der Waals surface area (Å²) in [5, 5.41) is 9.18. The Bertz CT molecular complexity index is 669. The fourth-order valence-electron chi connectivity index (χ4n) is 2.22. The van der Waals surface area contributed by atoms with Crippen LogP contribution in [-0.4, -0.2) is 4.98 Å². The number of hydrogen-bond acceptors (Lipinski definition) is 3. The van der Waals surface area contributed by atoms with Crippen molar-refractivity contribution in [2.24, 2.45) is 0 Å². The molecule has 1 aromatic heterocycles. The zero-order valence-electron chi connectivity index (χ0n) is 12.3. The molecule has 0 N–H and O–H groups in total. The molecule has 2 aromatic rings. The van der Waals surface area contributed by atoms with Crippen molar-refractivity contribution in [3.8, 4) is 17.7 Å². The lowest BCUT2D eigenvalue weighted by molar-refractivity contribution is 0.460. The molecule has 0 radical (unpaired) electrons. The first-order chi connectivity index (χ1) is 9.52. The van der Waals surface area contributed by atoms with Crippen LogP contribution in [0.5, 0.6) is 11.6 Å². The van der Waals surface area contributed by atoms with Gasteiger partial charge in [-0.3, -0.25) is 0 Å². The van der Waals surface area contributed by atoms with Gasteiger partial charge < -0.3 is 4.74 Å². The van der Waals surface area contributed by atoms with Crippen molar-refractivity contribution in [2.75, 3.05) is 0 Å². The summed E-state index contributed by atoms with van der Waals surface area (Å²) in [6, 6.07) is 9.92. The Kier molecular flexibility index (Phi) is 4.05. The quantitative estimate of drug-likeness (QED) is 0.822. The van der Waals surface area contributed by atoms with Gasteiger partial charge in [-0.05, 0) is 54.7 Å². The molecule has 0 saturated heterocycles. The number of hydrogen-bond donors (Lipinski definition) is 0. The van der Waals surface area contributed by atoms with Crippen LogP contribution in [0.1, 0.15) is 42.0 Å². The second-order valence-corrected chi connectivity index (χ2v) is 5.19. The zero-order chi connectivity index (χ0) is 14.7. The summed E-state index contributed by atoms with van der Waals surface area (Å²) >= 11 is 0. The average Bonchev–Trinajstić information content (AvgIpc) is 2.38. The van der Waals surface area contributed by atoms with E-state index >= 15 is 0 Å². The molecule has 1 aromatic carbocycles. The molecule has 2 rings (SSSR count). The third kappa shape index (κ3) is 2.80. The lowest BCUT2D eigenvalue weighted by Gasteiger charge is -2.12. The lowest BCUT2D eigenvalue weighted by atomic mass is 9.98. The average molecular weight is 266 g/mol. The minimum atomic E-state index is 0.365. The molecule has 3 heteroatoms.